The minimum Gasteiger partial charge on any atom is -0.494 e. The third-order valence-corrected chi connectivity index (χ3v) is 6.52. The molecule has 1 aromatic heterocycles. The van der Waals surface area contributed by atoms with Crippen LogP contribution in [0.3, 0.4) is 0 Å². The van der Waals surface area contributed by atoms with Gasteiger partial charge in [0.1, 0.15) is 18.1 Å². The summed E-state index contributed by atoms with van der Waals surface area (Å²) in [7, 11) is 0. The summed E-state index contributed by atoms with van der Waals surface area (Å²) in [4.78, 5) is 31.9. The molecule has 0 saturated heterocycles. The molecular weight excluding hydrogens is 476 g/mol. The van der Waals surface area contributed by atoms with Gasteiger partial charge in [0.15, 0.2) is 4.80 Å². The lowest BCUT2D eigenvalue weighted by Crippen LogP contribution is -2.39. The normalized spacial score (nSPS) is 15.1. The molecule has 0 unspecified atom stereocenters. The van der Waals surface area contributed by atoms with E-state index in [9.17, 15) is 9.59 Å². The van der Waals surface area contributed by atoms with E-state index in [1.165, 1.54) is 11.3 Å². The molecule has 0 amide bonds. The summed E-state index contributed by atoms with van der Waals surface area (Å²) < 4.78 is 18.6. The lowest BCUT2D eigenvalue weighted by molar-refractivity contribution is -0.139. The van der Waals surface area contributed by atoms with Crippen LogP contribution in [0.1, 0.15) is 37.9 Å². The predicted molar refractivity (Wildman–Crippen MR) is 139 cm³/mol. The Hall–Kier alpha value is -4.09. The number of hydrogen-bond acceptors (Lipinski definition) is 7. The molecule has 0 aliphatic carbocycles. The van der Waals surface area contributed by atoms with E-state index in [0.717, 1.165) is 11.1 Å². The summed E-state index contributed by atoms with van der Waals surface area (Å²) in [5.74, 6) is 3.23. The van der Waals surface area contributed by atoms with E-state index >= 15 is 0 Å². The number of rotatable bonds is 8. The quantitative estimate of drug-likeness (QED) is 0.349. The molecule has 0 saturated carbocycles. The van der Waals surface area contributed by atoms with Crippen LogP contribution in [0.4, 0.5) is 0 Å². The SMILES string of the molecule is C#CCOc1ccccc1/C=c1\sc2n(c1=O)[C@H](c1ccc(OCC)cc1)C(C(=O)OCC)=C(C)N=2. The molecular formula is C28H26N2O5S. The highest BCUT2D eigenvalue weighted by Gasteiger charge is 2.33. The monoisotopic (exact) mass is 502 g/mol. The minimum atomic E-state index is -0.689. The fraction of sp³-hybridized carbons (Fsp3) is 0.250. The van der Waals surface area contributed by atoms with E-state index < -0.39 is 12.0 Å². The zero-order valence-corrected chi connectivity index (χ0v) is 21.1. The van der Waals surface area contributed by atoms with E-state index in [1.807, 2.05) is 49.4 Å². The van der Waals surface area contributed by atoms with Gasteiger partial charge in [-0.25, -0.2) is 9.79 Å². The molecule has 0 spiro atoms. The molecule has 4 rings (SSSR count). The number of ether oxygens (including phenoxy) is 3. The second kappa shape index (κ2) is 11.1. The van der Waals surface area contributed by atoms with Crippen molar-refractivity contribution in [1.29, 1.82) is 0 Å². The maximum Gasteiger partial charge on any atom is 0.338 e. The van der Waals surface area contributed by atoms with Crippen LogP contribution in [-0.2, 0) is 9.53 Å². The highest BCUT2D eigenvalue weighted by atomic mass is 32.1. The number of hydrogen-bond donors (Lipinski definition) is 0. The highest BCUT2D eigenvalue weighted by molar-refractivity contribution is 7.07. The van der Waals surface area contributed by atoms with Crippen LogP contribution in [0.25, 0.3) is 6.08 Å². The van der Waals surface area contributed by atoms with Crippen LogP contribution in [0.5, 0.6) is 11.5 Å². The molecule has 1 aliphatic rings. The topological polar surface area (TPSA) is 79.1 Å². The fourth-order valence-electron chi connectivity index (χ4n) is 4.01. The van der Waals surface area contributed by atoms with Crippen molar-refractivity contribution in [3.05, 3.63) is 90.6 Å². The van der Waals surface area contributed by atoms with Gasteiger partial charge in [-0.05, 0) is 50.6 Å². The Kier molecular flexibility index (Phi) is 7.71. The maximum absolute atomic E-state index is 13.7. The van der Waals surface area contributed by atoms with Crippen LogP contribution in [0.15, 0.2) is 69.6 Å². The number of nitrogens with zero attached hydrogens (tertiary/aromatic N) is 2. The molecule has 3 aromatic rings. The number of benzene rings is 2. The summed E-state index contributed by atoms with van der Waals surface area (Å²) in [5.41, 5.74) is 2.05. The Morgan fingerprint density at radius 2 is 1.89 bits per heavy atom. The molecule has 0 fully saturated rings. The van der Waals surface area contributed by atoms with Gasteiger partial charge >= 0.3 is 5.97 Å². The number of para-hydroxylation sites is 1. The number of allylic oxidation sites excluding steroid dienone is 1. The first-order valence-electron chi connectivity index (χ1n) is 11.6. The van der Waals surface area contributed by atoms with Crippen LogP contribution < -0.4 is 24.4 Å². The summed E-state index contributed by atoms with van der Waals surface area (Å²) in [6, 6.07) is 14.0. The van der Waals surface area contributed by atoms with Gasteiger partial charge < -0.3 is 14.2 Å². The van der Waals surface area contributed by atoms with Gasteiger partial charge in [-0.1, -0.05) is 47.6 Å². The zero-order valence-electron chi connectivity index (χ0n) is 20.3. The summed E-state index contributed by atoms with van der Waals surface area (Å²) >= 11 is 1.25. The van der Waals surface area contributed by atoms with Crippen molar-refractivity contribution in [3.63, 3.8) is 0 Å². The van der Waals surface area contributed by atoms with Crippen molar-refractivity contribution in [2.45, 2.75) is 26.8 Å². The van der Waals surface area contributed by atoms with Crippen molar-refractivity contribution < 1.29 is 19.0 Å². The third kappa shape index (κ3) is 4.97. The second-order valence-corrected chi connectivity index (χ2v) is 8.84. The smallest absolute Gasteiger partial charge is 0.338 e. The van der Waals surface area contributed by atoms with Gasteiger partial charge in [0.2, 0.25) is 0 Å². The Morgan fingerprint density at radius 3 is 2.58 bits per heavy atom. The van der Waals surface area contributed by atoms with Gasteiger partial charge in [-0.2, -0.15) is 0 Å². The Balaban J connectivity index is 1.90. The molecule has 36 heavy (non-hydrogen) atoms. The lowest BCUT2D eigenvalue weighted by atomic mass is 9.96. The largest absolute Gasteiger partial charge is 0.494 e. The van der Waals surface area contributed by atoms with E-state index in [-0.39, 0.29) is 18.8 Å². The molecule has 2 aromatic carbocycles. The molecule has 0 bridgehead atoms. The molecule has 2 heterocycles. The first-order valence-corrected chi connectivity index (χ1v) is 12.4. The van der Waals surface area contributed by atoms with Crippen molar-refractivity contribution in [2.75, 3.05) is 19.8 Å². The number of carbonyl (C=O) groups excluding carboxylic acids is 1. The average molecular weight is 503 g/mol. The van der Waals surface area contributed by atoms with E-state index in [0.29, 0.717) is 38.7 Å². The fourth-order valence-corrected chi connectivity index (χ4v) is 5.05. The number of aromatic nitrogens is 1. The number of carbonyl (C=O) groups is 1. The molecule has 8 heteroatoms. The second-order valence-electron chi connectivity index (χ2n) is 7.83. The van der Waals surface area contributed by atoms with E-state index in [1.54, 1.807) is 30.6 Å². The van der Waals surface area contributed by atoms with Crippen LogP contribution in [0.2, 0.25) is 0 Å². The van der Waals surface area contributed by atoms with Crippen LogP contribution >= 0.6 is 11.3 Å². The molecule has 0 radical (unpaired) electrons. The Labute approximate surface area is 213 Å². The number of thiazole rings is 1. The number of fused-ring (bicyclic) bond motifs is 1. The average Bonchev–Trinajstić information content (AvgIpc) is 3.17. The Bertz CT molecular complexity index is 1520. The van der Waals surface area contributed by atoms with Gasteiger partial charge in [0, 0.05) is 5.56 Å². The van der Waals surface area contributed by atoms with Gasteiger partial charge in [0.05, 0.1) is 35.1 Å². The van der Waals surface area contributed by atoms with E-state index in [2.05, 4.69) is 10.9 Å². The van der Waals surface area contributed by atoms with Crippen molar-refractivity contribution in [1.82, 2.24) is 4.57 Å². The van der Waals surface area contributed by atoms with Crippen molar-refractivity contribution in [2.24, 2.45) is 4.99 Å². The molecule has 1 aliphatic heterocycles. The van der Waals surface area contributed by atoms with Gasteiger partial charge in [-0.15, -0.1) is 6.42 Å². The molecule has 1 atom stereocenters. The van der Waals surface area contributed by atoms with Crippen LogP contribution in [0, 0.1) is 12.3 Å². The summed E-state index contributed by atoms with van der Waals surface area (Å²) in [6.07, 6.45) is 7.10. The molecule has 0 N–H and O–H groups in total. The first-order chi connectivity index (χ1) is 17.5. The van der Waals surface area contributed by atoms with E-state index in [4.69, 9.17) is 20.6 Å². The standard InChI is InChI=1S/C28H26N2O5S/c1-5-16-35-22-11-9-8-10-20(22)17-23-26(31)30-25(19-12-14-21(15-13-19)33-6-2)24(27(32)34-7-3)18(4)29-28(30)36-23/h1,8-15,17,25H,6-7,16H2,2-4H3/b23-17-/t25-/m1/s1. The van der Waals surface area contributed by atoms with Crippen molar-refractivity contribution in [3.8, 4) is 23.8 Å². The number of terminal acetylenes is 1. The van der Waals surface area contributed by atoms with Crippen molar-refractivity contribution >= 4 is 23.4 Å². The molecule has 184 valence electrons. The zero-order chi connectivity index (χ0) is 25.7. The maximum atomic E-state index is 13.7. The summed E-state index contributed by atoms with van der Waals surface area (Å²) in [5, 5.41) is 0. The lowest BCUT2D eigenvalue weighted by Gasteiger charge is -2.24. The molecule has 7 nitrogen and oxygen atoms in total. The van der Waals surface area contributed by atoms with Gasteiger partial charge in [0.25, 0.3) is 5.56 Å². The Morgan fingerprint density at radius 1 is 1.14 bits per heavy atom. The number of esters is 1. The first kappa shape index (κ1) is 25.0. The van der Waals surface area contributed by atoms with Gasteiger partial charge in [-0.3, -0.25) is 9.36 Å². The predicted octanol–water partition coefficient (Wildman–Crippen LogP) is 3.21. The van der Waals surface area contributed by atoms with Crippen LogP contribution in [-0.4, -0.2) is 30.4 Å². The third-order valence-electron chi connectivity index (χ3n) is 5.54. The minimum absolute atomic E-state index is 0.117. The highest BCUT2D eigenvalue weighted by Crippen LogP contribution is 2.31. The summed E-state index contributed by atoms with van der Waals surface area (Å²) in [6.45, 7) is 6.28.